The minimum Gasteiger partial charge on any atom is -0.487 e. The molecule has 0 spiro atoms. The van der Waals surface area contributed by atoms with E-state index in [0.717, 1.165) is 31.3 Å². The second kappa shape index (κ2) is 20.6. The summed E-state index contributed by atoms with van der Waals surface area (Å²) in [6.45, 7) is 15.4. The Hall–Kier alpha value is -3.29. The number of amidine groups is 1. The third kappa shape index (κ3) is 15.7. The van der Waals surface area contributed by atoms with E-state index in [0.29, 0.717) is 18.3 Å². The lowest BCUT2D eigenvalue weighted by Gasteiger charge is -2.28. The highest BCUT2D eigenvalue weighted by atomic mass is 19.1. The van der Waals surface area contributed by atoms with Crippen molar-refractivity contribution >= 4 is 18.2 Å². The molecule has 2 unspecified atom stereocenters. The fourth-order valence-corrected chi connectivity index (χ4v) is 4.02. The fourth-order valence-electron chi connectivity index (χ4n) is 4.02. The zero-order valence-corrected chi connectivity index (χ0v) is 24.4. The highest BCUT2D eigenvalue weighted by Crippen LogP contribution is 2.35. The van der Waals surface area contributed by atoms with Gasteiger partial charge in [0.1, 0.15) is 24.5 Å². The van der Waals surface area contributed by atoms with Gasteiger partial charge in [-0.2, -0.15) is 0 Å². The minimum absolute atomic E-state index is 0.116. The summed E-state index contributed by atoms with van der Waals surface area (Å²) in [5, 5.41) is 11.7. The third-order valence-electron chi connectivity index (χ3n) is 6.08. The number of aliphatic carboxylic acids is 1. The smallest absolute Gasteiger partial charge is 0.303 e. The molecule has 2 N–H and O–H groups in total. The Balaban J connectivity index is 0.000000763. The number of carboxylic acids is 1. The molecule has 1 aliphatic carbocycles. The molecule has 0 amide bonds. The van der Waals surface area contributed by atoms with E-state index in [1.54, 1.807) is 39.8 Å². The molecule has 0 heterocycles. The molecule has 1 fully saturated rings. The molecule has 0 saturated heterocycles. The molecule has 6 nitrogen and oxygen atoms in total. The number of allylic oxidation sites excluding steroid dienone is 8. The van der Waals surface area contributed by atoms with Crippen LogP contribution in [0.2, 0.25) is 0 Å². The van der Waals surface area contributed by atoms with E-state index in [2.05, 4.69) is 47.5 Å². The number of aliphatic imine (C=N–C) groups is 2. The quantitative estimate of drug-likeness (QED) is 0.107. The first-order valence-electron chi connectivity index (χ1n) is 13.3. The molecule has 1 aliphatic rings. The van der Waals surface area contributed by atoms with Crippen LogP contribution in [0.4, 0.5) is 8.78 Å². The largest absolute Gasteiger partial charge is 0.487 e. The number of carbonyl (C=O) groups is 1. The van der Waals surface area contributed by atoms with Crippen molar-refractivity contribution in [3.05, 3.63) is 72.2 Å². The number of nitrogens with one attached hydrogen (secondary N) is 1. The maximum Gasteiger partial charge on any atom is 0.303 e. The van der Waals surface area contributed by atoms with Gasteiger partial charge in [-0.1, -0.05) is 42.5 Å². The number of hydrogen-bond donors (Lipinski definition) is 2. The molecule has 8 heteroatoms. The molecule has 1 rings (SSSR count). The number of ether oxygens (including phenoxy) is 1. The molecule has 0 aromatic heterocycles. The Morgan fingerprint density at radius 3 is 2.31 bits per heavy atom. The van der Waals surface area contributed by atoms with Crippen molar-refractivity contribution in [2.24, 2.45) is 21.8 Å². The zero-order chi connectivity index (χ0) is 29.8. The number of rotatable bonds is 13. The minimum atomic E-state index is -0.980. The Bertz CT molecular complexity index is 952. The van der Waals surface area contributed by atoms with E-state index < -0.39 is 24.6 Å². The van der Waals surface area contributed by atoms with Gasteiger partial charge in [0, 0.05) is 12.5 Å². The Morgan fingerprint density at radius 1 is 1.21 bits per heavy atom. The lowest BCUT2D eigenvalue weighted by molar-refractivity contribution is -0.138. The normalized spacial score (nSPS) is 20.3. The van der Waals surface area contributed by atoms with Crippen molar-refractivity contribution in [1.29, 1.82) is 0 Å². The van der Waals surface area contributed by atoms with Crippen LogP contribution >= 0.6 is 0 Å². The highest BCUT2D eigenvalue weighted by Gasteiger charge is 2.24. The SMILES string of the molecule is C=C/C=C\C(=C/C)C1CCC(CC(=O)O)CC1.C=CC(C)NC(=N\C(C)/N=C/OC)/C(CF)=C(\F)C=C(C)C. The van der Waals surface area contributed by atoms with E-state index in [1.807, 2.05) is 6.08 Å². The molecule has 2 atom stereocenters. The molecule has 0 bridgehead atoms. The molecule has 0 aromatic carbocycles. The monoisotopic (exact) mass is 547 g/mol. The van der Waals surface area contributed by atoms with Gasteiger partial charge in [0.2, 0.25) is 0 Å². The molecule has 218 valence electrons. The average molecular weight is 548 g/mol. The van der Waals surface area contributed by atoms with Crippen LogP contribution < -0.4 is 5.32 Å². The van der Waals surface area contributed by atoms with Gasteiger partial charge >= 0.3 is 5.97 Å². The van der Waals surface area contributed by atoms with Crippen LogP contribution in [0.1, 0.15) is 66.7 Å². The van der Waals surface area contributed by atoms with Gasteiger partial charge in [-0.25, -0.2) is 18.8 Å². The summed E-state index contributed by atoms with van der Waals surface area (Å²) in [7, 11) is 1.46. The Morgan fingerprint density at radius 2 is 1.85 bits per heavy atom. The molecule has 39 heavy (non-hydrogen) atoms. The summed E-state index contributed by atoms with van der Waals surface area (Å²) in [4.78, 5) is 18.8. The first kappa shape index (κ1) is 35.7. The summed E-state index contributed by atoms with van der Waals surface area (Å²) < 4.78 is 32.2. The van der Waals surface area contributed by atoms with Gasteiger partial charge < -0.3 is 15.2 Å². The van der Waals surface area contributed by atoms with Crippen LogP contribution in [0.3, 0.4) is 0 Å². The molecule has 1 saturated carbocycles. The van der Waals surface area contributed by atoms with Crippen LogP contribution in [0.15, 0.2) is 82.1 Å². The van der Waals surface area contributed by atoms with E-state index >= 15 is 0 Å². The third-order valence-corrected chi connectivity index (χ3v) is 6.08. The van der Waals surface area contributed by atoms with Crippen LogP contribution in [0.5, 0.6) is 0 Å². The lowest BCUT2D eigenvalue weighted by atomic mass is 9.77. The summed E-state index contributed by atoms with van der Waals surface area (Å²) in [5.74, 6) is -0.226. The average Bonchev–Trinajstić information content (AvgIpc) is 2.88. The number of carboxylic acid groups (broad SMARTS) is 1. The molecular weight excluding hydrogens is 500 g/mol. The summed E-state index contributed by atoms with van der Waals surface area (Å²) in [6, 6.07) is -0.196. The maximum absolute atomic E-state index is 14.2. The van der Waals surface area contributed by atoms with E-state index in [1.165, 1.54) is 25.2 Å². The van der Waals surface area contributed by atoms with Crippen molar-refractivity contribution in [1.82, 2.24) is 5.32 Å². The topological polar surface area (TPSA) is 83.3 Å². The maximum atomic E-state index is 14.2. The first-order chi connectivity index (χ1) is 18.5. The van der Waals surface area contributed by atoms with Crippen molar-refractivity contribution in [3.63, 3.8) is 0 Å². The van der Waals surface area contributed by atoms with Crippen LogP contribution in [0.25, 0.3) is 0 Å². The Kier molecular flexibility index (Phi) is 18.9. The standard InChI is InChI=1S/C16H25F2N3O.C15H22O2/c1-7-12(4)20-16(21-13(5)19-10-22-6)14(9-17)15(18)8-11(2)3;1-3-5-6-13(4-2)14-9-7-12(8-10-14)11-15(16)17/h7-8,10,12-13H,1,9H2,2-6H3,(H,20,21);3-6,12,14H,1,7-11H2,2H3,(H,16,17)/b15-14-,19-10+;6-5-,13-4+. The number of hydrogen-bond acceptors (Lipinski definition) is 4. The summed E-state index contributed by atoms with van der Waals surface area (Å²) in [5.41, 5.74) is 1.94. The molecule has 0 radical (unpaired) electrons. The van der Waals surface area contributed by atoms with Gasteiger partial charge in [-0.15, -0.1) is 6.58 Å². The van der Waals surface area contributed by atoms with E-state index in [4.69, 9.17) is 9.84 Å². The van der Waals surface area contributed by atoms with Crippen molar-refractivity contribution < 1.29 is 23.4 Å². The van der Waals surface area contributed by atoms with Crippen LogP contribution in [-0.4, -0.2) is 49.3 Å². The molecular formula is C31H47F2N3O3. The summed E-state index contributed by atoms with van der Waals surface area (Å²) in [6.07, 6.45) is 16.2. The highest BCUT2D eigenvalue weighted by molar-refractivity contribution is 5.99. The van der Waals surface area contributed by atoms with E-state index in [-0.39, 0.29) is 17.5 Å². The molecule has 0 aromatic rings. The van der Waals surface area contributed by atoms with Gasteiger partial charge in [-0.3, -0.25) is 4.79 Å². The van der Waals surface area contributed by atoms with Gasteiger partial charge in [0.05, 0.1) is 12.7 Å². The van der Waals surface area contributed by atoms with Crippen molar-refractivity contribution in [2.45, 2.75) is 78.9 Å². The van der Waals surface area contributed by atoms with E-state index in [9.17, 15) is 13.6 Å². The number of alkyl halides is 1. The van der Waals surface area contributed by atoms with Crippen molar-refractivity contribution in [2.75, 3.05) is 13.8 Å². The first-order valence-corrected chi connectivity index (χ1v) is 13.3. The van der Waals surface area contributed by atoms with Gasteiger partial charge in [-0.05, 0) is 83.8 Å². The number of nitrogens with zero attached hydrogens (tertiary/aromatic N) is 2. The second-order valence-electron chi connectivity index (χ2n) is 9.65. The second-order valence-corrected chi connectivity index (χ2v) is 9.65. The van der Waals surface area contributed by atoms with Crippen LogP contribution in [-0.2, 0) is 9.53 Å². The predicted molar refractivity (Wildman–Crippen MR) is 160 cm³/mol. The predicted octanol–water partition coefficient (Wildman–Crippen LogP) is 7.69. The fraction of sp³-hybridized carbons (Fsp3) is 0.516. The van der Waals surface area contributed by atoms with Gasteiger partial charge in [0.15, 0.2) is 6.40 Å². The zero-order valence-electron chi connectivity index (χ0n) is 24.4. The number of methoxy groups -OCH3 is 1. The Labute approximate surface area is 233 Å². The van der Waals surface area contributed by atoms with Gasteiger partial charge in [0.25, 0.3) is 0 Å². The van der Waals surface area contributed by atoms with Crippen LogP contribution in [0, 0.1) is 11.8 Å². The van der Waals surface area contributed by atoms with Crippen molar-refractivity contribution in [3.8, 4) is 0 Å². The summed E-state index contributed by atoms with van der Waals surface area (Å²) >= 11 is 0. The number of halogens is 2. The lowest BCUT2D eigenvalue weighted by Crippen LogP contribution is -2.34. The molecule has 0 aliphatic heterocycles.